The molecule has 0 atom stereocenters. The Bertz CT molecular complexity index is 569. The van der Waals surface area contributed by atoms with Crippen LogP contribution >= 0.6 is 0 Å². The van der Waals surface area contributed by atoms with E-state index in [4.69, 9.17) is 4.74 Å². The Morgan fingerprint density at radius 3 is 2.75 bits per heavy atom. The number of nitrogens with zero attached hydrogens (tertiary/aromatic N) is 2. The number of rotatable bonds is 7. The number of aromatic nitrogens is 2. The molecule has 4 heteroatoms. The van der Waals surface area contributed by atoms with Crippen LogP contribution in [-0.4, -0.2) is 22.8 Å². The van der Waals surface area contributed by atoms with Gasteiger partial charge in [0.1, 0.15) is 0 Å². The average Bonchev–Trinajstić information content (AvgIpc) is 2.50. The van der Waals surface area contributed by atoms with E-state index in [0.29, 0.717) is 6.61 Å². The third kappa shape index (κ3) is 4.02. The smallest absolute Gasteiger partial charge is 0.358 e. The molecule has 0 unspecified atom stereocenters. The molecular formula is C16H20N2O2. The highest BCUT2D eigenvalue weighted by Gasteiger charge is 2.10. The summed E-state index contributed by atoms with van der Waals surface area (Å²) in [5.41, 5.74) is 1.06. The van der Waals surface area contributed by atoms with Gasteiger partial charge in [-0.1, -0.05) is 50.8 Å². The number of hydrogen-bond donors (Lipinski definition) is 0. The van der Waals surface area contributed by atoms with Crippen LogP contribution in [0.5, 0.6) is 0 Å². The summed E-state index contributed by atoms with van der Waals surface area (Å²) in [4.78, 5) is 11.9. The van der Waals surface area contributed by atoms with Crippen LogP contribution < -0.4 is 0 Å². The maximum Gasteiger partial charge on any atom is 0.358 e. The zero-order chi connectivity index (χ0) is 14.2. The number of fused-ring (bicyclic) bond motifs is 1. The number of unbranched alkanes of at least 4 members (excludes halogenated alkanes) is 4. The predicted octanol–water partition coefficient (Wildman–Crippen LogP) is 3.76. The molecule has 2 rings (SSSR count). The molecule has 0 N–H and O–H groups in total. The summed E-state index contributed by atoms with van der Waals surface area (Å²) in [5.74, 6) is -0.390. The van der Waals surface area contributed by atoms with Gasteiger partial charge in [-0.15, -0.1) is 10.2 Å². The fourth-order valence-electron chi connectivity index (χ4n) is 2.03. The minimum absolute atomic E-state index is 0.275. The molecule has 0 aliphatic rings. The van der Waals surface area contributed by atoms with Gasteiger partial charge in [-0.05, 0) is 18.6 Å². The molecule has 1 aromatic carbocycles. The van der Waals surface area contributed by atoms with Crippen LogP contribution in [0.3, 0.4) is 0 Å². The van der Waals surface area contributed by atoms with Gasteiger partial charge in [-0.3, -0.25) is 0 Å². The second kappa shape index (κ2) is 7.58. The first-order chi connectivity index (χ1) is 9.81. The lowest BCUT2D eigenvalue weighted by atomic mass is 10.2. The van der Waals surface area contributed by atoms with Gasteiger partial charge in [-0.2, -0.15) is 0 Å². The van der Waals surface area contributed by atoms with E-state index in [2.05, 4.69) is 17.1 Å². The van der Waals surface area contributed by atoms with Crippen LogP contribution in [0.2, 0.25) is 0 Å². The SMILES string of the molecule is CCCCCCCOC(=O)c1cc2ccccc2nn1. The van der Waals surface area contributed by atoms with E-state index in [-0.39, 0.29) is 5.69 Å². The summed E-state index contributed by atoms with van der Waals surface area (Å²) in [6.45, 7) is 2.63. The largest absolute Gasteiger partial charge is 0.461 e. The normalized spacial score (nSPS) is 10.7. The molecule has 0 saturated heterocycles. The topological polar surface area (TPSA) is 52.1 Å². The number of benzene rings is 1. The Balaban J connectivity index is 1.84. The van der Waals surface area contributed by atoms with E-state index in [0.717, 1.165) is 23.7 Å². The van der Waals surface area contributed by atoms with E-state index in [9.17, 15) is 4.79 Å². The van der Waals surface area contributed by atoms with Crippen molar-refractivity contribution in [3.8, 4) is 0 Å². The van der Waals surface area contributed by atoms with Crippen LogP contribution in [-0.2, 0) is 4.74 Å². The van der Waals surface area contributed by atoms with Crippen LogP contribution in [0.25, 0.3) is 10.9 Å². The first kappa shape index (κ1) is 14.4. The Morgan fingerprint density at radius 1 is 1.10 bits per heavy atom. The molecular weight excluding hydrogens is 252 g/mol. The van der Waals surface area contributed by atoms with E-state index in [1.807, 2.05) is 24.3 Å². The molecule has 20 heavy (non-hydrogen) atoms. The molecule has 0 bridgehead atoms. The van der Waals surface area contributed by atoms with Crippen molar-refractivity contribution >= 4 is 16.9 Å². The summed E-state index contributed by atoms with van der Waals surface area (Å²) >= 11 is 0. The Labute approximate surface area is 119 Å². The lowest BCUT2D eigenvalue weighted by molar-refractivity contribution is 0.0490. The number of carbonyl (C=O) groups excluding carboxylic acids is 1. The second-order valence-corrected chi connectivity index (χ2v) is 4.84. The fourth-order valence-corrected chi connectivity index (χ4v) is 2.03. The summed E-state index contributed by atoms with van der Waals surface area (Å²) in [7, 11) is 0. The summed E-state index contributed by atoms with van der Waals surface area (Å²) < 4.78 is 5.22. The van der Waals surface area contributed by atoms with Crippen molar-refractivity contribution < 1.29 is 9.53 Å². The molecule has 1 aromatic heterocycles. The first-order valence-corrected chi connectivity index (χ1v) is 7.21. The molecule has 0 amide bonds. The highest BCUT2D eigenvalue weighted by molar-refractivity contribution is 5.91. The van der Waals surface area contributed by atoms with Gasteiger partial charge in [0.25, 0.3) is 0 Å². The minimum Gasteiger partial charge on any atom is -0.461 e. The zero-order valence-electron chi connectivity index (χ0n) is 11.8. The number of hydrogen-bond acceptors (Lipinski definition) is 4. The molecule has 0 spiro atoms. The quantitative estimate of drug-likeness (QED) is 0.569. The fraction of sp³-hybridized carbons (Fsp3) is 0.438. The third-order valence-electron chi connectivity index (χ3n) is 3.18. The third-order valence-corrected chi connectivity index (χ3v) is 3.18. The van der Waals surface area contributed by atoms with Crippen molar-refractivity contribution in [2.75, 3.05) is 6.61 Å². The van der Waals surface area contributed by atoms with Crippen molar-refractivity contribution in [2.45, 2.75) is 39.0 Å². The molecule has 0 aliphatic heterocycles. The standard InChI is InChI=1S/C16H20N2O2/c1-2-3-4-5-8-11-20-16(19)15-12-13-9-6-7-10-14(13)17-18-15/h6-7,9-10,12H,2-5,8,11H2,1H3. The first-order valence-electron chi connectivity index (χ1n) is 7.21. The maximum absolute atomic E-state index is 11.9. The molecule has 0 radical (unpaired) electrons. The van der Waals surface area contributed by atoms with Gasteiger partial charge >= 0.3 is 5.97 Å². The summed E-state index contributed by atoms with van der Waals surface area (Å²) in [5, 5.41) is 8.83. The van der Waals surface area contributed by atoms with E-state index < -0.39 is 5.97 Å². The molecule has 4 nitrogen and oxygen atoms in total. The molecule has 0 saturated carbocycles. The van der Waals surface area contributed by atoms with Crippen LogP contribution in [0.4, 0.5) is 0 Å². The van der Waals surface area contributed by atoms with Crippen molar-refractivity contribution in [2.24, 2.45) is 0 Å². The molecule has 106 valence electrons. The zero-order valence-corrected chi connectivity index (χ0v) is 11.8. The average molecular weight is 272 g/mol. The van der Waals surface area contributed by atoms with Gasteiger partial charge in [0.15, 0.2) is 5.69 Å². The number of ether oxygens (including phenoxy) is 1. The lowest BCUT2D eigenvalue weighted by Crippen LogP contribution is -2.09. The van der Waals surface area contributed by atoms with Crippen LogP contribution in [0, 0.1) is 0 Å². The van der Waals surface area contributed by atoms with Gasteiger partial charge in [0, 0.05) is 5.39 Å². The number of carbonyl (C=O) groups is 1. The van der Waals surface area contributed by atoms with E-state index >= 15 is 0 Å². The predicted molar refractivity (Wildman–Crippen MR) is 78.6 cm³/mol. The van der Waals surface area contributed by atoms with Crippen molar-refractivity contribution in [3.05, 3.63) is 36.0 Å². The Hall–Kier alpha value is -1.97. The Morgan fingerprint density at radius 2 is 1.90 bits per heavy atom. The molecule has 1 heterocycles. The van der Waals surface area contributed by atoms with E-state index in [1.54, 1.807) is 6.07 Å². The maximum atomic E-state index is 11.9. The Kier molecular flexibility index (Phi) is 5.47. The van der Waals surface area contributed by atoms with Gasteiger partial charge < -0.3 is 4.74 Å². The van der Waals surface area contributed by atoms with Crippen LogP contribution in [0.1, 0.15) is 49.5 Å². The molecule has 2 aromatic rings. The van der Waals surface area contributed by atoms with Crippen molar-refractivity contribution in [1.29, 1.82) is 0 Å². The monoisotopic (exact) mass is 272 g/mol. The van der Waals surface area contributed by atoms with Gasteiger partial charge in [-0.25, -0.2) is 4.79 Å². The summed E-state index contributed by atoms with van der Waals surface area (Å²) in [6.07, 6.45) is 5.66. The highest BCUT2D eigenvalue weighted by Crippen LogP contribution is 2.11. The molecule has 0 fully saturated rings. The summed E-state index contributed by atoms with van der Waals surface area (Å²) in [6, 6.07) is 9.30. The highest BCUT2D eigenvalue weighted by atomic mass is 16.5. The number of esters is 1. The van der Waals surface area contributed by atoms with Crippen LogP contribution in [0.15, 0.2) is 30.3 Å². The van der Waals surface area contributed by atoms with Gasteiger partial charge in [0.2, 0.25) is 0 Å². The van der Waals surface area contributed by atoms with E-state index in [1.165, 1.54) is 19.3 Å². The van der Waals surface area contributed by atoms with Gasteiger partial charge in [0.05, 0.1) is 12.1 Å². The second-order valence-electron chi connectivity index (χ2n) is 4.84. The van der Waals surface area contributed by atoms with Crippen molar-refractivity contribution in [3.63, 3.8) is 0 Å². The lowest BCUT2D eigenvalue weighted by Gasteiger charge is -2.04. The van der Waals surface area contributed by atoms with Crippen molar-refractivity contribution in [1.82, 2.24) is 10.2 Å². The minimum atomic E-state index is -0.390. The molecule has 0 aliphatic carbocycles.